The summed E-state index contributed by atoms with van der Waals surface area (Å²) in [5.41, 5.74) is 0. The molecular formula is C12H21Cl2NO2. The van der Waals surface area contributed by atoms with Crippen molar-refractivity contribution in [2.45, 2.75) is 51.4 Å². The van der Waals surface area contributed by atoms with Crippen molar-refractivity contribution < 1.29 is 9.59 Å². The van der Waals surface area contributed by atoms with Gasteiger partial charge in [0.15, 0.2) is 0 Å². The highest BCUT2D eigenvalue weighted by molar-refractivity contribution is 6.18. The highest BCUT2D eigenvalue weighted by atomic mass is 35.5. The minimum absolute atomic E-state index is 0.179. The molecule has 0 aromatic rings. The molecule has 17 heavy (non-hydrogen) atoms. The number of carbonyl (C=O) groups excluding carboxylic acids is 2. The zero-order valence-corrected chi connectivity index (χ0v) is 11.7. The van der Waals surface area contributed by atoms with Crippen molar-refractivity contribution in [1.82, 2.24) is 5.32 Å². The summed E-state index contributed by atoms with van der Waals surface area (Å²) in [4.78, 5) is 22.6. The largest absolute Gasteiger partial charge is 0.296 e. The van der Waals surface area contributed by atoms with Crippen LogP contribution in [0, 0.1) is 0 Å². The van der Waals surface area contributed by atoms with E-state index in [1.807, 2.05) is 0 Å². The molecule has 0 saturated heterocycles. The minimum atomic E-state index is -0.179. The van der Waals surface area contributed by atoms with Crippen LogP contribution in [0.4, 0.5) is 0 Å². The van der Waals surface area contributed by atoms with Gasteiger partial charge in [0.2, 0.25) is 11.8 Å². The second-order valence-corrected chi connectivity index (χ2v) is 4.73. The van der Waals surface area contributed by atoms with Gasteiger partial charge in [-0.15, -0.1) is 23.2 Å². The highest BCUT2D eigenvalue weighted by Crippen LogP contribution is 2.03. The lowest BCUT2D eigenvalue weighted by molar-refractivity contribution is -0.130. The van der Waals surface area contributed by atoms with Gasteiger partial charge in [-0.05, 0) is 25.7 Å². The number of rotatable bonds is 10. The van der Waals surface area contributed by atoms with E-state index < -0.39 is 0 Å². The van der Waals surface area contributed by atoms with Crippen LogP contribution in [0.1, 0.15) is 51.4 Å². The van der Waals surface area contributed by atoms with Gasteiger partial charge in [-0.2, -0.15) is 0 Å². The van der Waals surface area contributed by atoms with Gasteiger partial charge >= 0.3 is 0 Å². The fourth-order valence-electron chi connectivity index (χ4n) is 1.39. The molecule has 0 aliphatic rings. The first-order chi connectivity index (χ1) is 8.20. The summed E-state index contributed by atoms with van der Waals surface area (Å²) in [6.45, 7) is 0. The summed E-state index contributed by atoms with van der Waals surface area (Å²) in [7, 11) is 0. The number of unbranched alkanes of at least 4 members (excludes halogenated alkanes) is 4. The quantitative estimate of drug-likeness (QED) is 0.494. The van der Waals surface area contributed by atoms with Gasteiger partial charge in [0.1, 0.15) is 0 Å². The van der Waals surface area contributed by atoms with Gasteiger partial charge < -0.3 is 0 Å². The van der Waals surface area contributed by atoms with Gasteiger partial charge in [0.05, 0.1) is 0 Å². The Balaban J connectivity index is 3.42. The number of hydrogen-bond acceptors (Lipinski definition) is 2. The molecule has 0 fully saturated rings. The van der Waals surface area contributed by atoms with E-state index in [-0.39, 0.29) is 11.8 Å². The van der Waals surface area contributed by atoms with Crippen molar-refractivity contribution in [3.05, 3.63) is 0 Å². The number of nitrogens with one attached hydrogen (secondary N) is 1. The van der Waals surface area contributed by atoms with E-state index in [0.29, 0.717) is 24.6 Å². The van der Waals surface area contributed by atoms with Crippen LogP contribution >= 0.6 is 23.2 Å². The van der Waals surface area contributed by atoms with Crippen LogP contribution in [-0.2, 0) is 9.59 Å². The maximum atomic E-state index is 11.3. The van der Waals surface area contributed by atoms with Gasteiger partial charge in [0, 0.05) is 24.6 Å². The lowest BCUT2D eigenvalue weighted by Gasteiger charge is -2.03. The molecule has 0 aromatic carbocycles. The molecule has 0 aliphatic heterocycles. The van der Waals surface area contributed by atoms with E-state index >= 15 is 0 Å². The van der Waals surface area contributed by atoms with Crippen molar-refractivity contribution in [3.8, 4) is 0 Å². The van der Waals surface area contributed by atoms with Crippen molar-refractivity contribution in [1.29, 1.82) is 0 Å². The van der Waals surface area contributed by atoms with Gasteiger partial charge in [-0.25, -0.2) is 0 Å². The lowest BCUT2D eigenvalue weighted by Crippen LogP contribution is -2.29. The van der Waals surface area contributed by atoms with Gasteiger partial charge in [-0.1, -0.05) is 12.8 Å². The third-order valence-electron chi connectivity index (χ3n) is 2.35. The number of halogens is 2. The Labute approximate surface area is 113 Å². The number of alkyl halides is 2. The second-order valence-electron chi connectivity index (χ2n) is 3.97. The van der Waals surface area contributed by atoms with Crippen LogP contribution in [-0.4, -0.2) is 23.6 Å². The maximum absolute atomic E-state index is 11.3. The number of imide groups is 1. The molecule has 0 spiro atoms. The molecule has 0 unspecified atom stereocenters. The van der Waals surface area contributed by atoms with E-state index in [1.54, 1.807) is 0 Å². The zero-order chi connectivity index (χ0) is 12.9. The minimum Gasteiger partial charge on any atom is -0.296 e. The van der Waals surface area contributed by atoms with Crippen LogP contribution in [0.3, 0.4) is 0 Å². The predicted molar refractivity (Wildman–Crippen MR) is 71.5 cm³/mol. The van der Waals surface area contributed by atoms with Crippen LogP contribution < -0.4 is 5.32 Å². The van der Waals surface area contributed by atoms with Crippen molar-refractivity contribution in [3.63, 3.8) is 0 Å². The van der Waals surface area contributed by atoms with E-state index in [0.717, 1.165) is 38.5 Å². The molecule has 0 aliphatic carbocycles. The molecule has 0 heterocycles. The Morgan fingerprint density at radius 3 is 1.47 bits per heavy atom. The van der Waals surface area contributed by atoms with Crippen molar-refractivity contribution in [2.75, 3.05) is 11.8 Å². The zero-order valence-electron chi connectivity index (χ0n) is 10.1. The molecule has 3 nitrogen and oxygen atoms in total. The SMILES string of the molecule is O=C(CCCCCCl)NC(=O)CCCCCCl. The van der Waals surface area contributed by atoms with Crippen LogP contribution in [0.5, 0.6) is 0 Å². The van der Waals surface area contributed by atoms with Gasteiger partial charge in [-0.3, -0.25) is 14.9 Å². The summed E-state index contributed by atoms with van der Waals surface area (Å²) >= 11 is 11.0. The Morgan fingerprint density at radius 2 is 1.12 bits per heavy atom. The first kappa shape index (κ1) is 16.7. The van der Waals surface area contributed by atoms with Crippen molar-refractivity contribution in [2.24, 2.45) is 0 Å². The average molecular weight is 282 g/mol. The topological polar surface area (TPSA) is 46.2 Å². The summed E-state index contributed by atoms with van der Waals surface area (Å²) < 4.78 is 0. The van der Waals surface area contributed by atoms with Crippen LogP contribution in [0.2, 0.25) is 0 Å². The Morgan fingerprint density at radius 1 is 0.706 bits per heavy atom. The van der Waals surface area contributed by atoms with E-state index in [9.17, 15) is 9.59 Å². The van der Waals surface area contributed by atoms with E-state index in [4.69, 9.17) is 23.2 Å². The summed E-state index contributed by atoms with van der Waals surface area (Å²) in [5, 5.41) is 2.39. The molecular weight excluding hydrogens is 261 g/mol. The molecule has 0 radical (unpaired) electrons. The second kappa shape index (κ2) is 12.2. The molecule has 0 aromatic heterocycles. The molecule has 1 N–H and O–H groups in total. The van der Waals surface area contributed by atoms with Gasteiger partial charge in [0.25, 0.3) is 0 Å². The lowest BCUT2D eigenvalue weighted by atomic mass is 10.2. The maximum Gasteiger partial charge on any atom is 0.226 e. The standard InChI is InChI=1S/C12H21Cl2NO2/c13-9-5-1-3-7-11(16)15-12(17)8-4-2-6-10-14/h1-10H2,(H,15,16,17). The fraction of sp³-hybridized carbons (Fsp3) is 0.833. The summed E-state index contributed by atoms with van der Waals surface area (Å²) in [6.07, 6.45) is 6.09. The number of carbonyl (C=O) groups is 2. The smallest absolute Gasteiger partial charge is 0.226 e. The first-order valence-corrected chi connectivity index (χ1v) is 7.22. The molecule has 0 saturated carbocycles. The van der Waals surface area contributed by atoms with E-state index in [2.05, 4.69) is 5.32 Å². The molecule has 100 valence electrons. The summed E-state index contributed by atoms with van der Waals surface area (Å²) in [6, 6.07) is 0. The predicted octanol–water partition coefficient (Wildman–Crippen LogP) is 3.23. The molecule has 0 rings (SSSR count). The van der Waals surface area contributed by atoms with Crippen LogP contribution in [0.15, 0.2) is 0 Å². The van der Waals surface area contributed by atoms with Crippen molar-refractivity contribution >= 4 is 35.0 Å². The number of amides is 2. The normalized spacial score (nSPS) is 10.2. The highest BCUT2D eigenvalue weighted by Gasteiger charge is 2.06. The van der Waals surface area contributed by atoms with E-state index in [1.165, 1.54) is 0 Å². The monoisotopic (exact) mass is 281 g/mol. The Hall–Kier alpha value is -0.280. The molecule has 2 amide bonds. The molecule has 5 heteroatoms. The molecule has 0 bridgehead atoms. The third kappa shape index (κ3) is 12.0. The Kier molecular flexibility index (Phi) is 12.0. The van der Waals surface area contributed by atoms with Crippen LogP contribution in [0.25, 0.3) is 0 Å². The number of hydrogen-bond donors (Lipinski definition) is 1. The fourth-order valence-corrected chi connectivity index (χ4v) is 1.77. The Bertz CT molecular complexity index is 201. The third-order valence-corrected chi connectivity index (χ3v) is 2.89. The average Bonchev–Trinajstić information content (AvgIpc) is 2.30. The molecule has 0 atom stereocenters. The summed E-state index contributed by atoms with van der Waals surface area (Å²) in [5.74, 6) is 0.895. The first-order valence-electron chi connectivity index (χ1n) is 6.15.